The van der Waals surface area contributed by atoms with Crippen LogP contribution in [0.2, 0.25) is 0 Å². The van der Waals surface area contributed by atoms with Crippen LogP contribution in [0.25, 0.3) is 21.3 Å². The number of halogens is 3. The molecule has 0 aliphatic heterocycles. The average molecular weight is 529 g/mol. The number of aromatic nitrogens is 2. The molecule has 192 valence electrons. The number of benzene rings is 2. The quantitative estimate of drug-likeness (QED) is 0.301. The van der Waals surface area contributed by atoms with E-state index in [4.69, 9.17) is 5.73 Å². The Labute approximate surface area is 214 Å². The highest BCUT2D eigenvalue weighted by Gasteiger charge is 2.30. The monoisotopic (exact) mass is 528 g/mol. The number of aryl methyl sites for hydroxylation is 1. The van der Waals surface area contributed by atoms with E-state index in [1.165, 1.54) is 34.7 Å². The Morgan fingerprint density at radius 2 is 1.73 bits per heavy atom. The van der Waals surface area contributed by atoms with Gasteiger partial charge < -0.3 is 21.3 Å². The topological polar surface area (TPSA) is 113 Å². The highest BCUT2D eigenvalue weighted by molar-refractivity contribution is 7.19. The molecule has 0 fully saturated rings. The van der Waals surface area contributed by atoms with Crippen molar-refractivity contribution in [1.29, 1.82) is 0 Å². The van der Waals surface area contributed by atoms with Gasteiger partial charge in [0.2, 0.25) is 5.91 Å². The minimum atomic E-state index is -4.51. The summed E-state index contributed by atoms with van der Waals surface area (Å²) in [7, 11) is 3.40. The number of fused-ring (bicyclic) bond motifs is 1. The van der Waals surface area contributed by atoms with Crippen LogP contribution in [-0.4, -0.2) is 40.9 Å². The second-order valence-corrected chi connectivity index (χ2v) is 9.45. The Balaban J connectivity index is 1.55. The largest absolute Gasteiger partial charge is 0.416 e. The van der Waals surface area contributed by atoms with Gasteiger partial charge in [0.25, 0.3) is 0 Å². The van der Waals surface area contributed by atoms with Gasteiger partial charge >= 0.3 is 12.2 Å². The van der Waals surface area contributed by atoms with Crippen LogP contribution in [0.5, 0.6) is 0 Å². The maximum absolute atomic E-state index is 12.9. The number of nitrogens with zero attached hydrogens (tertiary/aromatic N) is 3. The summed E-state index contributed by atoms with van der Waals surface area (Å²) in [5, 5.41) is 5.71. The van der Waals surface area contributed by atoms with Crippen molar-refractivity contribution in [3.8, 4) is 11.1 Å². The number of hydrogen-bond donors (Lipinski definition) is 3. The lowest BCUT2D eigenvalue weighted by Crippen LogP contribution is -2.21. The number of carbonyl (C=O) groups excluding carboxylic acids is 2. The molecule has 0 unspecified atom stereocenters. The number of rotatable bonds is 6. The molecular formula is C25H23F3N6O2S. The Morgan fingerprint density at radius 3 is 2.41 bits per heavy atom. The lowest BCUT2D eigenvalue weighted by Gasteiger charge is -2.12. The maximum atomic E-state index is 12.9. The Morgan fingerprint density at radius 1 is 1.03 bits per heavy atom. The van der Waals surface area contributed by atoms with E-state index in [9.17, 15) is 22.8 Å². The maximum Gasteiger partial charge on any atom is 0.416 e. The third kappa shape index (κ3) is 5.97. The van der Waals surface area contributed by atoms with Gasteiger partial charge in [-0.1, -0.05) is 18.2 Å². The summed E-state index contributed by atoms with van der Waals surface area (Å²) in [6.45, 7) is 0. The molecule has 0 bridgehead atoms. The van der Waals surface area contributed by atoms with E-state index in [-0.39, 0.29) is 11.6 Å². The number of carbonyl (C=O) groups is 2. The highest BCUT2D eigenvalue weighted by atomic mass is 32.1. The average Bonchev–Trinajstić information content (AvgIpc) is 3.22. The fourth-order valence-corrected chi connectivity index (χ4v) is 4.88. The Kier molecular flexibility index (Phi) is 7.30. The van der Waals surface area contributed by atoms with Gasteiger partial charge in [0, 0.05) is 42.3 Å². The number of thiophene rings is 1. The van der Waals surface area contributed by atoms with Gasteiger partial charge in [-0.05, 0) is 42.3 Å². The van der Waals surface area contributed by atoms with E-state index in [2.05, 4.69) is 20.6 Å². The molecule has 2 aromatic carbocycles. The summed E-state index contributed by atoms with van der Waals surface area (Å²) >= 11 is 1.44. The summed E-state index contributed by atoms with van der Waals surface area (Å²) in [6, 6.07) is 10.6. The normalized spacial score (nSPS) is 11.4. The predicted molar refractivity (Wildman–Crippen MR) is 138 cm³/mol. The molecule has 8 nitrogen and oxygen atoms in total. The zero-order chi connectivity index (χ0) is 26.7. The number of nitrogens with one attached hydrogen (secondary N) is 2. The van der Waals surface area contributed by atoms with Gasteiger partial charge in [-0.15, -0.1) is 11.3 Å². The third-order valence-electron chi connectivity index (χ3n) is 5.53. The molecule has 4 aromatic rings. The van der Waals surface area contributed by atoms with Crippen LogP contribution in [0.3, 0.4) is 0 Å². The van der Waals surface area contributed by atoms with Crippen LogP contribution < -0.4 is 16.4 Å². The second kappa shape index (κ2) is 10.4. The molecule has 0 saturated heterocycles. The van der Waals surface area contributed by atoms with Crippen LogP contribution >= 0.6 is 11.3 Å². The standard InChI is InChI=1S/C25H23F3N6O2S/c1-34(2)19(35)11-10-18-20(21-22(29)30-13-31-23(21)37-18)14-6-8-16(9-7-14)32-24(36)33-17-5-3-4-15(12-17)25(26,27)28/h3-9,12-13H,10-11H2,1-2H3,(H2,29,30,31)(H2,32,33,36). The van der Waals surface area contributed by atoms with Gasteiger partial charge in [0.15, 0.2) is 0 Å². The van der Waals surface area contributed by atoms with E-state index in [0.29, 0.717) is 34.6 Å². The molecule has 3 amide bonds. The van der Waals surface area contributed by atoms with E-state index in [1.807, 2.05) is 0 Å². The van der Waals surface area contributed by atoms with Crippen molar-refractivity contribution in [3.05, 3.63) is 65.3 Å². The zero-order valence-corrected chi connectivity index (χ0v) is 20.7. The molecule has 12 heteroatoms. The van der Waals surface area contributed by atoms with Crippen molar-refractivity contribution in [3.63, 3.8) is 0 Å². The molecule has 2 aromatic heterocycles. The Hall–Kier alpha value is -4.19. The minimum absolute atomic E-state index is 0.00575. The van der Waals surface area contributed by atoms with Crippen molar-refractivity contribution in [2.45, 2.75) is 19.0 Å². The number of urea groups is 1. The zero-order valence-electron chi connectivity index (χ0n) is 19.9. The Bertz CT molecular complexity index is 1450. The van der Waals surface area contributed by atoms with E-state index in [0.717, 1.165) is 28.1 Å². The highest BCUT2D eigenvalue weighted by Crippen LogP contribution is 2.41. The molecular weight excluding hydrogens is 505 g/mol. The van der Waals surface area contributed by atoms with Gasteiger partial charge in [0.1, 0.15) is 17.0 Å². The lowest BCUT2D eigenvalue weighted by atomic mass is 10.0. The SMILES string of the molecule is CN(C)C(=O)CCc1sc2ncnc(N)c2c1-c1ccc(NC(=O)Nc2cccc(C(F)(F)F)c2)cc1. The summed E-state index contributed by atoms with van der Waals surface area (Å²) in [5.74, 6) is 0.317. The first-order chi connectivity index (χ1) is 17.5. The number of anilines is 3. The van der Waals surface area contributed by atoms with Gasteiger partial charge in [0.05, 0.1) is 10.9 Å². The first-order valence-electron chi connectivity index (χ1n) is 11.1. The van der Waals surface area contributed by atoms with Crippen molar-refractivity contribution >= 4 is 50.7 Å². The van der Waals surface area contributed by atoms with Crippen LogP contribution in [0, 0.1) is 0 Å². The van der Waals surface area contributed by atoms with Crippen LogP contribution in [0.4, 0.5) is 35.2 Å². The molecule has 4 rings (SSSR count). The number of alkyl halides is 3. The molecule has 2 heterocycles. The van der Waals surface area contributed by atoms with Crippen molar-refractivity contribution in [2.75, 3.05) is 30.5 Å². The summed E-state index contributed by atoms with van der Waals surface area (Å²) < 4.78 is 38.8. The number of nitrogen functional groups attached to an aromatic ring is 1. The second-order valence-electron chi connectivity index (χ2n) is 8.36. The molecule has 0 spiro atoms. The summed E-state index contributed by atoms with van der Waals surface area (Å²) in [5.41, 5.74) is 7.37. The first kappa shape index (κ1) is 25.9. The van der Waals surface area contributed by atoms with Crippen molar-refractivity contribution in [2.24, 2.45) is 0 Å². The van der Waals surface area contributed by atoms with Crippen LogP contribution in [-0.2, 0) is 17.4 Å². The van der Waals surface area contributed by atoms with E-state index < -0.39 is 17.8 Å². The lowest BCUT2D eigenvalue weighted by molar-refractivity contribution is -0.137. The van der Waals surface area contributed by atoms with Gasteiger partial charge in [-0.25, -0.2) is 14.8 Å². The summed E-state index contributed by atoms with van der Waals surface area (Å²) in [6.07, 6.45) is -2.31. The molecule has 4 N–H and O–H groups in total. The smallest absolute Gasteiger partial charge is 0.383 e. The van der Waals surface area contributed by atoms with Crippen molar-refractivity contribution < 1.29 is 22.8 Å². The first-order valence-corrected chi connectivity index (χ1v) is 11.9. The fraction of sp³-hybridized carbons (Fsp3) is 0.200. The van der Waals surface area contributed by atoms with Gasteiger partial charge in [-0.2, -0.15) is 13.2 Å². The van der Waals surface area contributed by atoms with Crippen molar-refractivity contribution in [1.82, 2.24) is 14.9 Å². The van der Waals surface area contributed by atoms with Gasteiger partial charge in [-0.3, -0.25) is 4.79 Å². The molecule has 0 saturated carbocycles. The minimum Gasteiger partial charge on any atom is -0.383 e. The summed E-state index contributed by atoms with van der Waals surface area (Å²) in [4.78, 5) is 36.1. The number of amides is 3. The van der Waals surface area contributed by atoms with E-state index in [1.54, 1.807) is 38.4 Å². The molecule has 0 atom stereocenters. The molecule has 0 aliphatic carbocycles. The predicted octanol–water partition coefficient (Wildman–Crippen LogP) is 5.62. The molecule has 0 radical (unpaired) electrons. The molecule has 0 aliphatic rings. The molecule has 37 heavy (non-hydrogen) atoms. The van der Waals surface area contributed by atoms with E-state index >= 15 is 0 Å². The number of nitrogens with two attached hydrogens (primary N) is 1. The number of hydrogen-bond acceptors (Lipinski definition) is 6. The van der Waals surface area contributed by atoms with Crippen LogP contribution in [0.1, 0.15) is 16.9 Å². The van der Waals surface area contributed by atoms with Crippen LogP contribution in [0.15, 0.2) is 54.9 Å². The fourth-order valence-electron chi connectivity index (χ4n) is 3.71. The third-order valence-corrected chi connectivity index (χ3v) is 6.69.